The molecule has 0 saturated carbocycles. The maximum atomic E-state index is 5.12. The number of para-hydroxylation sites is 1. The molecule has 0 radical (unpaired) electrons. The summed E-state index contributed by atoms with van der Waals surface area (Å²) in [4.78, 5) is 4.39. The highest BCUT2D eigenvalue weighted by atomic mass is 16.3. The van der Waals surface area contributed by atoms with E-state index in [-0.39, 0.29) is 6.04 Å². The number of benzene rings is 1. The molecule has 0 saturated heterocycles. The quantitative estimate of drug-likeness (QED) is 0.759. The fraction of sp³-hybridized carbons (Fsp3) is 0.200. The standard InChI is InChI=1S/C15H16N4O/c1-10(12-7-8-20-9-12)16-14-6-4-3-5-13(14)15-17-11(2)18-19-15/h3-10,16H,1-2H3,(H,17,18,19). The van der Waals surface area contributed by atoms with Crippen molar-refractivity contribution in [1.29, 1.82) is 0 Å². The van der Waals surface area contributed by atoms with Gasteiger partial charge < -0.3 is 9.73 Å². The smallest absolute Gasteiger partial charge is 0.183 e. The molecule has 102 valence electrons. The first-order valence-corrected chi connectivity index (χ1v) is 6.51. The molecule has 5 nitrogen and oxygen atoms in total. The van der Waals surface area contributed by atoms with E-state index in [1.54, 1.807) is 12.5 Å². The zero-order valence-corrected chi connectivity index (χ0v) is 11.4. The lowest BCUT2D eigenvalue weighted by atomic mass is 10.1. The number of furan rings is 1. The molecule has 1 atom stereocenters. The molecule has 1 unspecified atom stereocenters. The molecule has 0 spiro atoms. The molecule has 0 fully saturated rings. The number of hydrogen-bond acceptors (Lipinski definition) is 4. The van der Waals surface area contributed by atoms with E-state index in [9.17, 15) is 0 Å². The lowest BCUT2D eigenvalue weighted by Crippen LogP contribution is -2.06. The van der Waals surface area contributed by atoms with Crippen molar-refractivity contribution < 1.29 is 4.42 Å². The Bertz CT molecular complexity index is 687. The van der Waals surface area contributed by atoms with Gasteiger partial charge in [-0.25, -0.2) is 4.98 Å². The van der Waals surface area contributed by atoms with Gasteiger partial charge >= 0.3 is 0 Å². The van der Waals surface area contributed by atoms with Gasteiger partial charge in [0.2, 0.25) is 0 Å². The number of nitrogens with zero attached hydrogens (tertiary/aromatic N) is 2. The van der Waals surface area contributed by atoms with Gasteiger partial charge in [0.15, 0.2) is 5.82 Å². The summed E-state index contributed by atoms with van der Waals surface area (Å²) in [5.74, 6) is 1.50. The van der Waals surface area contributed by atoms with E-state index in [2.05, 4.69) is 27.4 Å². The van der Waals surface area contributed by atoms with E-state index in [0.29, 0.717) is 5.82 Å². The van der Waals surface area contributed by atoms with Crippen molar-refractivity contribution in [3.63, 3.8) is 0 Å². The summed E-state index contributed by atoms with van der Waals surface area (Å²) in [6.45, 7) is 3.98. The monoisotopic (exact) mass is 268 g/mol. The third kappa shape index (κ3) is 2.42. The molecular weight excluding hydrogens is 252 g/mol. The summed E-state index contributed by atoms with van der Waals surface area (Å²) >= 11 is 0. The summed E-state index contributed by atoms with van der Waals surface area (Å²) < 4.78 is 5.12. The van der Waals surface area contributed by atoms with E-state index < -0.39 is 0 Å². The van der Waals surface area contributed by atoms with Crippen LogP contribution in [0.4, 0.5) is 5.69 Å². The SMILES string of the molecule is Cc1nc(-c2ccccc2NC(C)c2ccoc2)n[nH]1. The minimum absolute atomic E-state index is 0.148. The van der Waals surface area contributed by atoms with Crippen LogP contribution < -0.4 is 5.32 Å². The number of aromatic amines is 1. The molecular formula is C15H16N4O. The first-order valence-electron chi connectivity index (χ1n) is 6.51. The zero-order valence-electron chi connectivity index (χ0n) is 11.4. The summed E-state index contributed by atoms with van der Waals surface area (Å²) in [6.07, 6.45) is 3.43. The Morgan fingerprint density at radius 3 is 2.80 bits per heavy atom. The van der Waals surface area contributed by atoms with Gasteiger partial charge in [0.1, 0.15) is 5.82 Å². The molecule has 2 heterocycles. The molecule has 5 heteroatoms. The number of rotatable bonds is 4. The van der Waals surface area contributed by atoms with E-state index >= 15 is 0 Å². The first kappa shape index (κ1) is 12.5. The summed E-state index contributed by atoms with van der Waals surface area (Å²) in [6, 6.07) is 10.1. The van der Waals surface area contributed by atoms with Crippen LogP contribution in [0, 0.1) is 6.92 Å². The summed E-state index contributed by atoms with van der Waals surface area (Å²) in [5.41, 5.74) is 3.08. The molecule has 0 bridgehead atoms. The number of aryl methyl sites for hydroxylation is 1. The average molecular weight is 268 g/mol. The Morgan fingerprint density at radius 2 is 2.10 bits per heavy atom. The number of hydrogen-bond donors (Lipinski definition) is 2. The van der Waals surface area contributed by atoms with Crippen molar-refractivity contribution in [3.8, 4) is 11.4 Å². The largest absolute Gasteiger partial charge is 0.472 e. The third-order valence-corrected chi connectivity index (χ3v) is 3.18. The second-order valence-electron chi connectivity index (χ2n) is 4.71. The topological polar surface area (TPSA) is 66.7 Å². The van der Waals surface area contributed by atoms with Crippen LogP contribution in [0.5, 0.6) is 0 Å². The maximum Gasteiger partial charge on any atom is 0.183 e. The number of nitrogens with one attached hydrogen (secondary N) is 2. The van der Waals surface area contributed by atoms with Crippen molar-refractivity contribution >= 4 is 5.69 Å². The van der Waals surface area contributed by atoms with Gasteiger partial charge in [0, 0.05) is 16.8 Å². The van der Waals surface area contributed by atoms with Crippen molar-refractivity contribution in [2.24, 2.45) is 0 Å². The van der Waals surface area contributed by atoms with Gasteiger partial charge in [-0.2, -0.15) is 5.10 Å². The molecule has 0 amide bonds. The Balaban J connectivity index is 1.90. The van der Waals surface area contributed by atoms with Crippen LogP contribution >= 0.6 is 0 Å². The van der Waals surface area contributed by atoms with Gasteiger partial charge in [-0.1, -0.05) is 12.1 Å². The molecule has 0 aliphatic carbocycles. The minimum atomic E-state index is 0.148. The molecule has 1 aromatic carbocycles. The molecule has 0 aliphatic heterocycles. The van der Waals surface area contributed by atoms with E-state index in [1.165, 1.54) is 0 Å². The Labute approximate surface area is 117 Å². The average Bonchev–Trinajstić information content (AvgIpc) is 3.10. The molecule has 20 heavy (non-hydrogen) atoms. The van der Waals surface area contributed by atoms with E-state index in [1.807, 2.05) is 37.3 Å². The Kier molecular flexibility index (Phi) is 3.25. The normalized spacial score (nSPS) is 12.3. The Morgan fingerprint density at radius 1 is 1.25 bits per heavy atom. The molecule has 2 aromatic heterocycles. The van der Waals surface area contributed by atoms with Gasteiger partial charge in [-0.15, -0.1) is 0 Å². The van der Waals surface area contributed by atoms with Crippen LogP contribution in [0.2, 0.25) is 0 Å². The lowest BCUT2D eigenvalue weighted by Gasteiger charge is -2.15. The minimum Gasteiger partial charge on any atom is -0.472 e. The number of H-pyrrole nitrogens is 1. The van der Waals surface area contributed by atoms with Gasteiger partial charge in [-0.3, -0.25) is 5.10 Å². The molecule has 3 aromatic rings. The van der Waals surface area contributed by atoms with Crippen molar-refractivity contribution in [3.05, 3.63) is 54.2 Å². The van der Waals surface area contributed by atoms with Crippen LogP contribution in [-0.4, -0.2) is 15.2 Å². The van der Waals surface area contributed by atoms with Crippen molar-refractivity contribution in [2.75, 3.05) is 5.32 Å². The van der Waals surface area contributed by atoms with Gasteiger partial charge in [0.25, 0.3) is 0 Å². The number of aromatic nitrogens is 3. The van der Waals surface area contributed by atoms with Crippen LogP contribution in [0.3, 0.4) is 0 Å². The summed E-state index contributed by atoms with van der Waals surface area (Å²) in [7, 11) is 0. The van der Waals surface area contributed by atoms with Crippen LogP contribution in [0.15, 0.2) is 47.3 Å². The van der Waals surface area contributed by atoms with Crippen molar-refractivity contribution in [1.82, 2.24) is 15.2 Å². The Hall–Kier alpha value is -2.56. The molecule has 2 N–H and O–H groups in total. The molecule has 3 rings (SSSR count). The second kappa shape index (κ2) is 5.21. The van der Waals surface area contributed by atoms with Gasteiger partial charge in [0.05, 0.1) is 18.6 Å². The third-order valence-electron chi connectivity index (χ3n) is 3.18. The van der Waals surface area contributed by atoms with Crippen molar-refractivity contribution in [2.45, 2.75) is 19.9 Å². The van der Waals surface area contributed by atoms with Crippen LogP contribution in [0.25, 0.3) is 11.4 Å². The zero-order chi connectivity index (χ0) is 13.9. The number of anilines is 1. The van der Waals surface area contributed by atoms with E-state index in [0.717, 1.165) is 22.6 Å². The lowest BCUT2D eigenvalue weighted by molar-refractivity contribution is 0.562. The molecule has 0 aliphatic rings. The fourth-order valence-electron chi connectivity index (χ4n) is 2.11. The van der Waals surface area contributed by atoms with Crippen LogP contribution in [-0.2, 0) is 0 Å². The highest BCUT2D eigenvalue weighted by molar-refractivity contribution is 5.73. The maximum absolute atomic E-state index is 5.12. The fourth-order valence-corrected chi connectivity index (χ4v) is 2.11. The summed E-state index contributed by atoms with van der Waals surface area (Å²) in [5, 5.41) is 10.6. The van der Waals surface area contributed by atoms with Crippen LogP contribution in [0.1, 0.15) is 24.4 Å². The van der Waals surface area contributed by atoms with E-state index in [4.69, 9.17) is 4.42 Å². The predicted octanol–water partition coefficient (Wildman–Crippen LogP) is 3.55. The van der Waals surface area contributed by atoms with Gasteiger partial charge in [-0.05, 0) is 32.0 Å². The highest BCUT2D eigenvalue weighted by Gasteiger charge is 2.12. The highest BCUT2D eigenvalue weighted by Crippen LogP contribution is 2.28. The second-order valence-corrected chi connectivity index (χ2v) is 4.71. The first-order chi connectivity index (χ1) is 9.74. The predicted molar refractivity (Wildman–Crippen MR) is 77.3 cm³/mol.